The molecule has 0 bridgehead atoms. The van der Waals surface area contributed by atoms with Gasteiger partial charge in [0.15, 0.2) is 0 Å². The number of benzene rings is 3. The van der Waals surface area contributed by atoms with Crippen molar-refractivity contribution in [3.63, 3.8) is 0 Å². The van der Waals surface area contributed by atoms with Crippen molar-refractivity contribution in [2.45, 2.75) is 18.7 Å². The van der Waals surface area contributed by atoms with Crippen LogP contribution >= 0.6 is 0 Å². The number of nitrogens with two attached hydrogens (primary N) is 1. The molecule has 0 unspecified atom stereocenters. The summed E-state index contributed by atoms with van der Waals surface area (Å²) in [6, 6.07) is 18.1. The molecular weight excluding hydrogens is 416 g/mol. The summed E-state index contributed by atoms with van der Waals surface area (Å²) in [7, 11) is -4.39. The van der Waals surface area contributed by atoms with Gasteiger partial charge in [0.25, 0.3) is 15.9 Å². The standard InChI is InChI=1S/C23H22N2O5S/c1-3-30-23(27)19-9-5-7-11-21(19)25(22(26)18-8-4-6-10-20(18)24)31(28,29)17-14-12-16(2)13-15-17/h4-15H,3,24H2,1-2H3. The van der Waals surface area contributed by atoms with Crippen LogP contribution in [0.1, 0.15) is 33.2 Å². The molecule has 3 rings (SSSR count). The maximum atomic E-state index is 13.6. The summed E-state index contributed by atoms with van der Waals surface area (Å²) in [5, 5.41) is 0. The van der Waals surface area contributed by atoms with Gasteiger partial charge in [0, 0.05) is 5.69 Å². The molecule has 160 valence electrons. The molecule has 0 saturated heterocycles. The quantitative estimate of drug-likeness (QED) is 0.464. The Hall–Kier alpha value is -3.65. The van der Waals surface area contributed by atoms with Crippen LogP contribution in [0.5, 0.6) is 0 Å². The van der Waals surface area contributed by atoms with E-state index >= 15 is 0 Å². The van der Waals surface area contributed by atoms with Crippen LogP contribution in [0, 0.1) is 6.92 Å². The van der Waals surface area contributed by atoms with E-state index in [1.807, 2.05) is 6.92 Å². The van der Waals surface area contributed by atoms with Gasteiger partial charge in [-0.15, -0.1) is 0 Å². The molecule has 3 aromatic rings. The first-order valence-corrected chi connectivity index (χ1v) is 11.0. The Bertz CT molecular complexity index is 1220. The number of amides is 1. The van der Waals surface area contributed by atoms with E-state index in [0.29, 0.717) is 4.31 Å². The molecule has 0 fully saturated rings. The molecule has 31 heavy (non-hydrogen) atoms. The summed E-state index contributed by atoms with van der Waals surface area (Å²) < 4.78 is 32.9. The fourth-order valence-electron chi connectivity index (χ4n) is 3.00. The number of carbonyl (C=O) groups is 2. The van der Waals surface area contributed by atoms with Crippen LogP contribution in [0.4, 0.5) is 11.4 Å². The number of esters is 1. The minimum absolute atomic E-state index is 0.00292. The number of nitrogen functional groups attached to an aromatic ring is 1. The van der Waals surface area contributed by atoms with Gasteiger partial charge in [-0.25, -0.2) is 13.2 Å². The number of hydrogen-bond acceptors (Lipinski definition) is 6. The highest BCUT2D eigenvalue weighted by Gasteiger charge is 2.35. The number of sulfonamides is 1. The fraction of sp³-hybridized carbons (Fsp3) is 0.130. The first-order valence-electron chi connectivity index (χ1n) is 9.54. The smallest absolute Gasteiger partial charge is 0.340 e. The summed E-state index contributed by atoms with van der Waals surface area (Å²) in [5.41, 5.74) is 6.75. The largest absolute Gasteiger partial charge is 0.462 e. The van der Waals surface area contributed by atoms with Crippen molar-refractivity contribution in [1.82, 2.24) is 0 Å². The summed E-state index contributed by atoms with van der Waals surface area (Å²) in [4.78, 5) is 25.9. The van der Waals surface area contributed by atoms with Crippen molar-refractivity contribution >= 4 is 33.3 Å². The molecule has 0 saturated carbocycles. The third-order valence-corrected chi connectivity index (χ3v) is 6.26. The molecule has 0 aliphatic heterocycles. The molecule has 7 nitrogen and oxygen atoms in total. The van der Waals surface area contributed by atoms with Gasteiger partial charge in [-0.3, -0.25) is 4.79 Å². The van der Waals surface area contributed by atoms with Gasteiger partial charge in [0.2, 0.25) is 0 Å². The SMILES string of the molecule is CCOC(=O)c1ccccc1N(C(=O)c1ccccc1N)S(=O)(=O)c1ccc(C)cc1. The van der Waals surface area contributed by atoms with Crippen LogP contribution in [0.2, 0.25) is 0 Å². The van der Waals surface area contributed by atoms with Gasteiger partial charge in [0.05, 0.1) is 28.3 Å². The molecule has 0 aliphatic rings. The Morgan fingerprint density at radius 1 is 0.903 bits per heavy atom. The van der Waals surface area contributed by atoms with Gasteiger partial charge >= 0.3 is 5.97 Å². The summed E-state index contributed by atoms with van der Waals surface area (Å²) in [6.07, 6.45) is 0. The Morgan fingerprint density at radius 2 is 1.48 bits per heavy atom. The van der Waals surface area contributed by atoms with Crippen LogP contribution in [-0.4, -0.2) is 26.9 Å². The lowest BCUT2D eigenvalue weighted by Crippen LogP contribution is -2.38. The van der Waals surface area contributed by atoms with E-state index < -0.39 is 21.9 Å². The highest BCUT2D eigenvalue weighted by molar-refractivity contribution is 7.93. The number of para-hydroxylation sites is 2. The zero-order valence-electron chi connectivity index (χ0n) is 17.1. The lowest BCUT2D eigenvalue weighted by atomic mass is 10.1. The number of nitrogens with zero attached hydrogens (tertiary/aromatic N) is 1. The van der Waals surface area contributed by atoms with Crippen LogP contribution in [0.15, 0.2) is 77.7 Å². The number of carbonyl (C=O) groups excluding carboxylic acids is 2. The molecule has 1 amide bonds. The van der Waals surface area contributed by atoms with E-state index in [9.17, 15) is 18.0 Å². The second-order valence-corrected chi connectivity index (χ2v) is 8.50. The first-order chi connectivity index (χ1) is 14.8. The summed E-state index contributed by atoms with van der Waals surface area (Å²) in [6.45, 7) is 3.55. The lowest BCUT2D eigenvalue weighted by molar-refractivity contribution is 0.0527. The van der Waals surface area contributed by atoms with Gasteiger partial charge in [-0.2, -0.15) is 4.31 Å². The summed E-state index contributed by atoms with van der Waals surface area (Å²) in [5.74, 6) is -1.62. The molecule has 0 heterocycles. The average molecular weight is 439 g/mol. The monoisotopic (exact) mass is 438 g/mol. The Kier molecular flexibility index (Phi) is 6.41. The molecule has 0 spiro atoms. The molecular formula is C23H22N2O5S. The van der Waals surface area contributed by atoms with Crippen molar-refractivity contribution in [3.05, 3.63) is 89.5 Å². The van der Waals surface area contributed by atoms with Gasteiger partial charge in [0.1, 0.15) is 0 Å². The van der Waals surface area contributed by atoms with Crippen LogP contribution < -0.4 is 10.0 Å². The van der Waals surface area contributed by atoms with Gasteiger partial charge in [-0.1, -0.05) is 42.0 Å². The van der Waals surface area contributed by atoms with E-state index in [4.69, 9.17) is 10.5 Å². The van der Waals surface area contributed by atoms with E-state index in [1.54, 1.807) is 37.3 Å². The van der Waals surface area contributed by atoms with E-state index in [1.165, 1.54) is 42.5 Å². The van der Waals surface area contributed by atoms with Crippen LogP contribution in [-0.2, 0) is 14.8 Å². The fourth-order valence-corrected chi connectivity index (χ4v) is 4.42. The molecule has 0 radical (unpaired) electrons. The van der Waals surface area contributed by atoms with Gasteiger partial charge in [-0.05, 0) is 50.2 Å². The van der Waals surface area contributed by atoms with Crippen molar-refractivity contribution < 1.29 is 22.7 Å². The van der Waals surface area contributed by atoms with Crippen molar-refractivity contribution in [2.75, 3.05) is 16.6 Å². The predicted octanol–water partition coefficient (Wildman–Crippen LogP) is 3.79. The number of aryl methyl sites for hydroxylation is 1. The van der Waals surface area contributed by atoms with Crippen LogP contribution in [0.25, 0.3) is 0 Å². The van der Waals surface area contributed by atoms with Crippen LogP contribution in [0.3, 0.4) is 0 Å². The highest BCUT2D eigenvalue weighted by atomic mass is 32.2. The van der Waals surface area contributed by atoms with Crippen molar-refractivity contribution in [3.8, 4) is 0 Å². The molecule has 0 atom stereocenters. The molecule has 3 aromatic carbocycles. The van der Waals surface area contributed by atoms with Crippen molar-refractivity contribution in [1.29, 1.82) is 0 Å². The zero-order valence-corrected chi connectivity index (χ0v) is 17.9. The predicted molar refractivity (Wildman–Crippen MR) is 118 cm³/mol. The summed E-state index contributed by atoms with van der Waals surface area (Å²) >= 11 is 0. The van der Waals surface area contributed by atoms with E-state index in [-0.39, 0.29) is 34.0 Å². The average Bonchev–Trinajstić information content (AvgIpc) is 2.75. The van der Waals surface area contributed by atoms with Crippen molar-refractivity contribution in [2.24, 2.45) is 0 Å². The minimum Gasteiger partial charge on any atom is -0.462 e. The number of ether oxygens (including phenoxy) is 1. The number of rotatable bonds is 6. The third-order valence-electron chi connectivity index (χ3n) is 4.55. The second-order valence-electron chi connectivity index (χ2n) is 6.71. The Balaban J connectivity index is 2.26. The first kappa shape index (κ1) is 22.0. The Morgan fingerprint density at radius 3 is 2.10 bits per heavy atom. The molecule has 0 aliphatic carbocycles. The highest BCUT2D eigenvalue weighted by Crippen LogP contribution is 2.31. The molecule has 2 N–H and O–H groups in total. The third kappa shape index (κ3) is 4.44. The maximum Gasteiger partial charge on any atom is 0.340 e. The zero-order chi connectivity index (χ0) is 22.6. The normalized spacial score (nSPS) is 11.0. The Labute approximate surface area is 181 Å². The lowest BCUT2D eigenvalue weighted by Gasteiger charge is -2.25. The molecule has 8 heteroatoms. The molecule has 0 aromatic heterocycles. The van der Waals surface area contributed by atoms with E-state index in [2.05, 4.69) is 0 Å². The number of anilines is 2. The second kappa shape index (κ2) is 9.01. The van der Waals surface area contributed by atoms with E-state index in [0.717, 1.165) is 5.56 Å². The van der Waals surface area contributed by atoms with Gasteiger partial charge < -0.3 is 10.5 Å². The minimum atomic E-state index is -4.39. The maximum absolute atomic E-state index is 13.6. The number of hydrogen-bond donors (Lipinski definition) is 1. The topological polar surface area (TPSA) is 107 Å².